The number of thioether (sulfide) groups is 1. The third-order valence-corrected chi connectivity index (χ3v) is 4.24. The van der Waals surface area contributed by atoms with E-state index in [1.807, 2.05) is 36.9 Å². The zero-order valence-corrected chi connectivity index (χ0v) is 11.8. The van der Waals surface area contributed by atoms with E-state index >= 15 is 0 Å². The highest BCUT2D eigenvalue weighted by atomic mass is 32.2. The van der Waals surface area contributed by atoms with E-state index in [1.165, 1.54) is 5.56 Å². The van der Waals surface area contributed by atoms with Gasteiger partial charge in [0, 0.05) is 18.3 Å². The Kier molecular flexibility index (Phi) is 4.09. The van der Waals surface area contributed by atoms with Crippen molar-refractivity contribution in [1.82, 2.24) is 9.78 Å². The molecule has 2 unspecified atom stereocenters. The molecule has 0 amide bonds. The van der Waals surface area contributed by atoms with Crippen molar-refractivity contribution in [3.8, 4) is 0 Å². The number of nitrogens with zero attached hydrogens (tertiary/aromatic N) is 2. The second-order valence-corrected chi connectivity index (χ2v) is 5.90. The Labute approximate surface area is 112 Å². The van der Waals surface area contributed by atoms with Gasteiger partial charge in [-0.1, -0.05) is 37.3 Å². The predicted octanol–water partition coefficient (Wildman–Crippen LogP) is 2.91. The minimum absolute atomic E-state index is 0.0337. The summed E-state index contributed by atoms with van der Waals surface area (Å²) in [5.41, 5.74) is 8.51. The smallest absolute Gasteiger partial charge is 0.0942 e. The van der Waals surface area contributed by atoms with Gasteiger partial charge in [0.05, 0.1) is 10.7 Å². The van der Waals surface area contributed by atoms with Crippen LogP contribution in [0.5, 0.6) is 0 Å². The molecule has 18 heavy (non-hydrogen) atoms. The van der Waals surface area contributed by atoms with Crippen LogP contribution in [-0.4, -0.2) is 15.0 Å². The highest BCUT2D eigenvalue weighted by Gasteiger charge is 2.17. The number of rotatable bonds is 4. The highest BCUT2D eigenvalue weighted by molar-refractivity contribution is 7.99. The van der Waals surface area contributed by atoms with Crippen molar-refractivity contribution >= 4 is 11.8 Å². The van der Waals surface area contributed by atoms with Crippen LogP contribution in [-0.2, 0) is 7.05 Å². The average Bonchev–Trinajstić information content (AvgIpc) is 2.68. The third-order valence-electron chi connectivity index (χ3n) is 2.96. The summed E-state index contributed by atoms with van der Waals surface area (Å²) in [4.78, 5) is 0. The molecule has 1 aromatic carbocycles. The molecule has 1 aromatic heterocycles. The van der Waals surface area contributed by atoms with Crippen LogP contribution >= 0.6 is 11.8 Å². The van der Waals surface area contributed by atoms with E-state index in [4.69, 9.17) is 5.73 Å². The van der Waals surface area contributed by atoms with Crippen molar-refractivity contribution in [2.45, 2.75) is 30.2 Å². The number of hydrogen-bond donors (Lipinski definition) is 1. The fourth-order valence-corrected chi connectivity index (χ4v) is 3.02. The summed E-state index contributed by atoms with van der Waals surface area (Å²) in [6.45, 7) is 4.16. The van der Waals surface area contributed by atoms with Crippen LogP contribution in [0.4, 0.5) is 0 Å². The Bertz CT molecular complexity index is 507. The quantitative estimate of drug-likeness (QED) is 0.861. The first-order valence-electron chi connectivity index (χ1n) is 6.05. The summed E-state index contributed by atoms with van der Waals surface area (Å²) < 4.78 is 1.91. The van der Waals surface area contributed by atoms with Gasteiger partial charge in [-0.3, -0.25) is 4.68 Å². The van der Waals surface area contributed by atoms with Gasteiger partial charge >= 0.3 is 0 Å². The molecule has 2 rings (SSSR count). The van der Waals surface area contributed by atoms with Gasteiger partial charge in [0.1, 0.15) is 0 Å². The molecule has 0 saturated heterocycles. The lowest BCUT2D eigenvalue weighted by atomic mass is 10.1. The van der Waals surface area contributed by atoms with Gasteiger partial charge in [0.15, 0.2) is 0 Å². The van der Waals surface area contributed by atoms with E-state index in [-0.39, 0.29) is 6.04 Å². The van der Waals surface area contributed by atoms with Crippen LogP contribution in [0.15, 0.2) is 41.4 Å². The lowest BCUT2D eigenvalue weighted by Gasteiger charge is -2.19. The van der Waals surface area contributed by atoms with E-state index in [9.17, 15) is 0 Å². The minimum atomic E-state index is 0.0337. The van der Waals surface area contributed by atoms with Gasteiger partial charge < -0.3 is 5.73 Å². The number of nitrogens with two attached hydrogens (primary N) is 1. The molecule has 2 aromatic rings. The molecule has 0 aliphatic heterocycles. The monoisotopic (exact) mass is 261 g/mol. The zero-order chi connectivity index (χ0) is 13.1. The van der Waals surface area contributed by atoms with Crippen LogP contribution in [0.1, 0.15) is 24.2 Å². The van der Waals surface area contributed by atoms with Gasteiger partial charge in [0.25, 0.3) is 0 Å². The van der Waals surface area contributed by atoms with Gasteiger partial charge in [-0.2, -0.15) is 5.10 Å². The normalized spacial score (nSPS) is 14.4. The standard InChI is InChI=1S/C14H19N3S/c1-10-9-13(17(3)16-10)18-11(2)14(15)12-7-5-4-6-8-12/h4-9,11,14H,15H2,1-3H3. The summed E-state index contributed by atoms with van der Waals surface area (Å²) in [5.74, 6) is 0. The molecule has 3 nitrogen and oxygen atoms in total. The largest absolute Gasteiger partial charge is 0.323 e. The molecule has 0 saturated carbocycles. The minimum Gasteiger partial charge on any atom is -0.323 e. The van der Waals surface area contributed by atoms with Crippen molar-refractivity contribution in [2.75, 3.05) is 0 Å². The molecule has 1 heterocycles. The number of benzene rings is 1. The fraction of sp³-hybridized carbons (Fsp3) is 0.357. The second-order valence-electron chi connectivity index (χ2n) is 4.51. The van der Waals surface area contributed by atoms with Crippen molar-refractivity contribution in [3.05, 3.63) is 47.7 Å². The molecule has 0 fully saturated rings. The Hall–Kier alpha value is -1.26. The summed E-state index contributed by atoms with van der Waals surface area (Å²) in [6, 6.07) is 12.4. The van der Waals surface area contributed by atoms with Crippen LogP contribution < -0.4 is 5.73 Å². The molecule has 0 bridgehead atoms. The molecule has 96 valence electrons. The van der Waals surface area contributed by atoms with Crippen molar-refractivity contribution in [2.24, 2.45) is 12.8 Å². The third kappa shape index (κ3) is 2.94. The second kappa shape index (κ2) is 5.59. The molecule has 0 aliphatic rings. The Morgan fingerprint density at radius 3 is 2.50 bits per heavy atom. The van der Waals surface area contributed by atoms with Crippen LogP contribution in [0.2, 0.25) is 0 Å². The van der Waals surface area contributed by atoms with Gasteiger partial charge in [0.2, 0.25) is 0 Å². The van der Waals surface area contributed by atoms with Crippen LogP contribution in [0.25, 0.3) is 0 Å². The van der Waals surface area contributed by atoms with Crippen molar-refractivity contribution < 1.29 is 0 Å². The molecule has 0 radical (unpaired) electrons. The molecule has 4 heteroatoms. The maximum atomic E-state index is 6.29. The molecular weight excluding hydrogens is 242 g/mol. The SMILES string of the molecule is Cc1cc(SC(C)C(N)c2ccccc2)n(C)n1. The summed E-state index contributed by atoms with van der Waals surface area (Å²) >= 11 is 1.77. The van der Waals surface area contributed by atoms with Crippen molar-refractivity contribution in [3.63, 3.8) is 0 Å². The first-order chi connectivity index (χ1) is 8.58. The molecule has 0 spiro atoms. The van der Waals surface area contributed by atoms with E-state index in [0.717, 1.165) is 10.7 Å². The van der Waals surface area contributed by atoms with E-state index < -0.39 is 0 Å². The summed E-state index contributed by atoms with van der Waals surface area (Å²) in [7, 11) is 1.97. The topological polar surface area (TPSA) is 43.8 Å². The van der Waals surface area contributed by atoms with E-state index in [1.54, 1.807) is 11.8 Å². The first kappa shape index (κ1) is 13.2. The van der Waals surface area contributed by atoms with Gasteiger partial charge in [-0.25, -0.2) is 0 Å². The van der Waals surface area contributed by atoms with Crippen molar-refractivity contribution in [1.29, 1.82) is 0 Å². The number of hydrogen-bond acceptors (Lipinski definition) is 3. The van der Waals surface area contributed by atoms with Crippen LogP contribution in [0.3, 0.4) is 0 Å². The molecule has 2 N–H and O–H groups in total. The summed E-state index contributed by atoms with van der Waals surface area (Å²) in [6.07, 6.45) is 0. The Morgan fingerprint density at radius 1 is 1.28 bits per heavy atom. The zero-order valence-electron chi connectivity index (χ0n) is 11.0. The van der Waals surface area contributed by atoms with E-state index in [2.05, 4.69) is 30.2 Å². The predicted molar refractivity (Wildman–Crippen MR) is 76.6 cm³/mol. The number of aromatic nitrogens is 2. The lowest BCUT2D eigenvalue weighted by Crippen LogP contribution is -2.21. The summed E-state index contributed by atoms with van der Waals surface area (Å²) in [5, 5.41) is 5.82. The average molecular weight is 261 g/mol. The Balaban J connectivity index is 2.08. The van der Waals surface area contributed by atoms with E-state index in [0.29, 0.717) is 5.25 Å². The lowest BCUT2D eigenvalue weighted by molar-refractivity contribution is 0.678. The van der Waals surface area contributed by atoms with Gasteiger partial charge in [-0.05, 0) is 18.6 Å². The maximum Gasteiger partial charge on any atom is 0.0942 e. The molecule has 0 aliphatic carbocycles. The fourth-order valence-electron chi connectivity index (χ4n) is 1.91. The molecule has 2 atom stereocenters. The molecular formula is C14H19N3S. The highest BCUT2D eigenvalue weighted by Crippen LogP contribution is 2.30. The van der Waals surface area contributed by atoms with Crippen LogP contribution in [0, 0.1) is 6.92 Å². The van der Waals surface area contributed by atoms with Gasteiger partial charge in [-0.15, -0.1) is 11.8 Å². The number of aryl methyl sites for hydroxylation is 2. The Morgan fingerprint density at radius 2 is 1.94 bits per heavy atom. The maximum absolute atomic E-state index is 6.29. The first-order valence-corrected chi connectivity index (χ1v) is 6.93.